The van der Waals surface area contributed by atoms with Crippen molar-refractivity contribution >= 4 is 49.0 Å². The molecule has 1 aromatic heterocycles. The predicted octanol–water partition coefficient (Wildman–Crippen LogP) is 10.1. The zero-order valence-electron chi connectivity index (χ0n) is 20.2. The number of rotatable bonds is 4. The third kappa shape index (κ3) is 3.43. The van der Waals surface area contributed by atoms with E-state index < -0.39 is 0 Å². The number of allylic oxidation sites excluding steroid dienone is 1. The molecule has 1 unspecified atom stereocenters. The van der Waals surface area contributed by atoms with Gasteiger partial charge in [0.1, 0.15) is 0 Å². The molecule has 1 nitrogen and oxygen atoms in total. The van der Waals surface area contributed by atoms with Crippen molar-refractivity contribution in [1.82, 2.24) is 0 Å². The SMILES string of the molecule is CC1CC=Cc2c1c(-c1ccccc1)c(Nc1ccc([C@H]3C[C@H]3C)cc1)c1sc3ccccc3c21. The van der Waals surface area contributed by atoms with Crippen molar-refractivity contribution < 1.29 is 0 Å². The zero-order chi connectivity index (χ0) is 23.5. The zero-order valence-corrected chi connectivity index (χ0v) is 21.0. The summed E-state index contributed by atoms with van der Waals surface area (Å²) in [6.45, 7) is 4.73. The van der Waals surface area contributed by atoms with E-state index in [1.54, 1.807) is 0 Å². The van der Waals surface area contributed by atoms with Crippen LogP contribution in [0.1, 0.15) is 55.2 Å². The number of benzene rings is 4. The summed E-state index contributed by atoms with van der Waals surface area (Å²) in [6.07, 6.45) is 7.13. The Labute approximate surface area is 211 Å². The predicted molar refractivity (Wildman–Crippen MR) is 153 cm³/mol. The van der Waals surface area contributed by atoms with Crippen molar-refractivity contribution in [3.05, 3.63) is 102 Å². The minimum absolute atomic E-state index is 0.465. The smallest absolute Gasteiger partial charge is 0.0648 e. The van der Waals surface area contributed by atoms with Crippen molar-refractivity contribution in [3.8, 4) is 11.1 Å². The molecule has 4 aromatic carbocycles. The second kappa shape index (κ2) is 8.10. The van der Waals surface area contributed by atoms with Crippen molar-refractivity contribution in [3.63, 3.8) is 0 Å². The molecule has 35 heavy (non-hydrogen) atoms. The van der Waals surface area contributed by atoms with Gasteiger partial charge in [-0.25, -0.2) is 0 Å². The maximum Gasteiger partial charge on any atom is 0.0648 e. The van der Waals surface area contributed by atoms with Crippen LogP contribution in [0.2, 0.25) is 0 Å². The van der Waals surface area contributed by atoms with E-state index in [9.17, 15) is 0 Å². The van der Waals surface area contributed by atoms with E-state index in [-0.39, 0.29) is 0 Å². The Hall–Kier alpha value is -3.36. The first-order chi connectivity index (χ1) is 17.2. The van der Waals surface area contributed by atoms with Crippen LogP contribution in [-0.4, -0.2) is 0 Å². The first-order valence-electron chi connectivity index (χ1n) is 12.8. The van der Waals surface area contributed by atoms with E-state index in [4.69, 9.17) is 0 Å². The molecule has 7 rings (SSSR count). The third-order valence-corrected chi connectivity index (χ3v) is 9.14. The minimum Gasteiger partial charge on any atom is -0.354 e. The van der Waals surface area contributed by atoms with Gasteiger partial charge in [0, 0.05) is 26.7 Å². The molecule has 2 aliphatic carbocycles. The van der Waals surface area contributed by atoms with Gasteiger partial charge in [-0.1, -0.05) is 86.7 Å². The number of hydrogen-bond donors (Lipinski definition) is 1. The lowest BCUT2D eigenvalue weighted by molar-refractivity contribution is 0.776. The Kier molecular flexibility index (Phi) is 4.85. The standard InChI is InChI=1S/C33H29NS/c1-20-9-8-13-26-29(20)30(23-10-4-3-5-11-23)32(33-31(26)25-12-6-7-14-28(25)35-33)34-24-17-15-22(16-18-24)27-19-21(27)2/h3-8,10-18,20-21,27,34H,9,19H2,1-2H3/t20?,21-,27+/m1/s1. The second-order valence-electron chi connectivity index (χ2n) is 10.4. The fraction of sp³-hybridized carbons (Fsp3) is 0.212. The Bertz CT molecular complexity index is 1590. The summed E-state index contributed by atoms with van der Waals surface area (Å²) in [6, 6.07) is 29.1. The highest BCUT2D eigenvalue weighted by Crippen LogP contribution is 2.52. The normalized spacial score (nSPS) is 20.8. The van der Waals surface area contributed by atoms with Gasteiger partial charge in [-0.15, -0.1) is 11.3 Å². The van der Waals surface area contributed by atoms with E-state index in [0.29, 0.717) is 5.92 Å². The summed E-state index contributed by atoms with van der Waals surface area (Å²) in [5.41, 5.74) is 9.41. The number of thiophene rings is 1. The molecule has 0 bridgehead atoms. The molecule has 5 aromatic rings. The van der Waals surface area contributed by atoms with Crippen LogP contribution < -0.4 is 5.32 Å². The van der Waals surface area contributed by atoms with Crippen LogP contribution >= 0.6 is 11.3 Å². The van der Waals surface area contributed by atoms with Crippen LogP contribution in [0, 0.1) is 5.92 Å². The Morgan fingerprint density at radius 1 is 0.857 bits per heavy atom. The van der Waals surface area contributed by atoms with E-state index in [0.717, 1.165) is 23.9 Å². The lowest BCUT2D eigenvalue weighted by Crippen LogP contribution is -2.06. The van der Waals surface area contributed by atoms with Crippen LogP contribution in [0.15, 0.2) is 84.9 Å². The average molecular weight is 472 g/mol. The van der Waals surface area contributed by atoms with Crippen molar-refractivity contribution in [1.29, 1.82) is 0 Å². The molecule has 3 atom stereocenters. The highest BCUT2D eigenvalue weighted by molar-refractivity contribution is 7.26. The van der Waals surface area contributed by atoms with Gasteiger partial charge in [-0.2, -0.15) is 0 Å². The molecule has 2 heteroatoms. The van der Waals surface area contributed by atoms with Crippen molar-refractivity contribution in [2.24, 2.45) is 5.92 Å². The molecule has 1 fully saturated rings. The third-order valence-electron chi connectivity index (χ3n) is 7.95. The van der Waals surface area contributed by atoms with Gasteiger partial charge >= 0.3 is 0 Å². The number of nitrogens with one attached hydrogen (secondary N) is 1. The van der Waals surface area contributed by atoms with Crippen LogP contribution in [0.4, 0.5) is 11.4 Å². The summed E-state index contributed by atoms with van der Waals surface area (Å²) in [5, 5.41) is 6.69. The second-order valence-corrected chi connectivity index (χ2v) is 11.4. The average Bonchev–Trinajstić information content (AvgIpc) is 3.49. The Morgan fingerprint density at radius 2 is 1.60 bits per heavy atom. The van der Waals surface area contributed by atoms with Crippen LogP contribution in [0.5, 0.6) is 0 Å². The minimum atomic E-state index is 0.465. The number of fused-ring (bicyclic) bond motifs is 5. The highest BCUT2D eigenvalue weighted by atomic mass is 32.1. The van der Waals surface area contributed by atoms with E-state index in [1.165, 1.54) is 60.1 Å². The summed E-state index contributed by atoms with van der Waals surface area (Å²) < 4.78 is 2.70. The largest absolute Gasteiger partial charge is 0.354 e. The van der Waals surface area contributed by atoms with Gasteiger partial charge in [0.15, 0.2) is 0 Å². The molecule has 2 aliphatic rings. The van der Waals surface area contributed by atoms with Gasteiger partial charge in [-0.05, 0) is 71.0 Å². The van der Waals surface area contributed by atoms with Crippen LogP contribution in [-0.2, 0) is 0 Å². The van der Waals surface area contributed by atoms with Crippen LogP contribution in [0.3, 0.4) is 0 Å². The molecule has 1 heterocycles. The first-order valence-corrected chi connectivity index (χ1v) is 13.6. The summed E-state index contributed by atoms with van der Waals surface area (Å²) in [5.74, 6) is 2.04. The molecular formula is C33H29NS. The molecule has 1 N–H and O–H groups in total. The highest BCUT2D eigenvalue weighted by Gasteiger charge is 2.33. The lowest BCUT2D eigenvalue weighted by atomic mass is 9.80. The van der Waals surface area contributed by atoms with Gasteiger partial charge in [0.2, 0.25) is 0 Å². The van der Waals surface area contributed by atoms with E-state index in [2.05, 4.69) is 110 Å². The van der Waals surface area contributed by atoms with Gasteiger partial charge in [0.05, 0.1) is 10.4 Å². The molecule has 0 aliphatic heterocycles. The number of hydrogen-bond acceptors (Lipinski definition) is 2. The lowest BCUT2D eigenvalue weighted by Gasteiger charge is -2.27. The van der Waals surface area contributed by atoms with Gasteiger partial charge in [0.25, 0.3) is 0 Å². The summed E-state index contributed by atoms with van der Waals surface area (Å²) >= 11 is 1.91. The molecule has 0 radical (unpaired) electrons. The maximum atomic E-state index is 3.93. The fourth-order valence-corrected chi connectivity index (χ4v) is 7.19. The van der Waals surface area contributed by atoms with E-state index in [1.807, 2.05) is 11.3 Å². The molecule has 172 valence electrons. The van der Waals surface area contributed by atoms with Crippen molar-refractivity contribution in [2.45, 2.75) is 38.5 Å². The van der Waals surface area contributed by atoms with E-state index >= 15 is 0 Å². The quantitative estimate of drug-likeness (QED) is 0.275. The molecule has 0 saturated heterocycles. The molecular weight excluding hydrogens is 442 g/mol. The Balaban J connectivity index is 1.51. The monoisotopic (exact) mass is 471 g/mol. The molecule has 1 saturated carbocycles. The maximum absolute atomic E-state index is 3.93. The summed E-state index contributed by atoms with van der Waals surface area (Å²) in [4.78, 5) is 0. The van der Waals surface area contributed by atoms with Gasteiger partial charge < -0.3 is 5.32 Å². The Morgan fingerprint density at radius 3 is 2.37 bits per heavy atom. The molecule has 0 amide bonds. The van der Waals surface area contributed by atoms with Gasteiger partial charge in [-0.3, -0.25) is 0 Å². The number of anilines is 2. The first kappa shape index (κ1) is 21.0. The fourth-order valence-electron chi connectivity index (χ4n) is 5.97. The summed E-state index contributed by atoms with van der Waals surface area (Å²) in [7, 11) is 0. The molecule has 0 spiro atoms. The van der Waals surface area contributed by atoms with Crippen molar-refractivity contribution in [2.75, 3.05) is 5.32 Å². The van der Waals surface area contributed by atoms with Crippen LogP contribution in [0.25, 0.3) is 37.4 Å². The topological polar surface area (TPSA) is 12.0 Å².